The van der Waals surface area contributed by atoms with Crippen LogP contribution in [0.15, 0.2) is 170 Å². The monoisotopic (exact) mass is 608 g/mol. The zero-order valence-electron chi connectivity index (χ0n) is 26.1. The summed E-state index contributed by atoms with van der Waals surface area (Å²) in [6.45, 7) is 0. The topological polar surface area (TPSA) is 9.86 Å². The molecule has 0 N–H and O–H groups in total. The van der Waals surface area contributed by atoms with Crippen molar-refractivity contribution in [3.8, 4) is 22.5 Å². The third-order valence-corrected chi connectivity index (χ3v) is 10.4. The van der Waals surface area contributed by atoms with Gasteiger partial charge in [0.05, 0.1) is 22.1 Å². The molecule has 9 aromatic carbocycles. The molecule has 0 unspecified atom stereocenters. The normalized spacial score (nSPS) is 12.2. The van der Waals surface area contributed by atoms with Gasteiger partial charge in [-0.05, 0) is 104 Å². The lowest BCUT2D eigenvalue weighted by atomic mass is 9.89. The average molecular weight is 609 g/mol. The Bertz CT molecular complexity index is 3040. The van der Waals surface area contributed by atoms with E-state index < -0.39 is 0 Å². The molecule has 0 amide bonds. The maximum absolute atomic E-state index is 2.47. The third kappa shape index (κ3) is 3.41. The maximum Gasteiger partial charge on any atom is 0.0553 e. The second kappa shape index (κ2) is 9.57. The Hall–Kier alpha value is -6.38. The fourth-order valence-electron chi connectivity index (χ4n) is 8.42. The summed E-state index contributed by atoms with van der Waals surface area (Å²) >= 11 is 0. The molecule has 222 valence electrons. The summed E-state index contributed by atoms with van der Waals surface area (Å²) in [7, 11) is 0. The second-order valence-electron chi connectivity index (χ2n) is 12.9. The van der Waals surface area contributed by atoms with Gasteiger partial charge in [-0.25, -0.2) is 0 Å². The molecule has 0 aliphatic rings. The van der Waals surface area contributed by atoms with E-state index in [4.69, 9.17) is 0 Å². The lowest BCUT2D eigenvalue weighted by Gasteiger charge is -2.13. The van der Waals surface area contributed by atoms with Crippen LogP contribution in [0.1, 0.15) is 0 Å². The van der Waals surface area contributed by atoms with Crippen molar-refractivity contribution in [1.82, 2.24) is 9.13 Å². The third-order valence-electron chi connectivity index (χ3n) is 10.4. The lowest BCUT2D eigenvalue weighted by molar-refractivity contribution is 1.18. The minimum Gasteiger partial charge on any atom is -0.309 e. The molecule has 2 nitrogen and oxygen atoms in total. The van der Waals surface area contributed by atoms with Crippen molar-refractivity contribution in [2.75, 3.05) is 0 Å². The zero-order chi connectivity index (χ0) is 31.3. The van der Waals surface area contributed by atoms with Gasteiger partial charge in [-0.2, -0.15) is 0 Å². The van der Waals surface area contributed by atoms with Crippen molar-refractivity contribution in [2.24, 2.45) is 0 Å². The summed E-state index contributed by atoms with van der Waals surface area (Å²) in [6, 6.07) is 62.4. The van der Waals surface area contributed by atoms with Gasteiger partial charge in [0.2, 0.25) is 0 Å². The van der Waals surface area contributed by atoms with Crippen molar-refractivity contribution in [3.63, 3.8) is 0 Å². The van der Waals surface area contributed by atoms with E-state index in [0.717, 1.165) is 0 Å². The Kier molecular flexibility index (Phi) is 5.14. The lowest BCUT2D eigenvalue weighted by Crippen LogP contribution is -1.93. The van der Waals surface area contributed by atoms with Gasteiger partial charge in [0, 0.05) is 32.9 Å². The quantitative estimate of drug-likeness (QED) is 0.177. The Balaban J connectivity index is 1.29. The van der Waals surface area contributed by atoms with Crippen LogP contribution in [0.25, 0.3) is 98.4 Å². The molecular weight excluding hydrogens is 581 g/mol. The largest absolute Gasteiger partial charge is 0.309 e. The number of aromatic nitrogens is 2. The molecule has 0 radical (unpaired) electrons. The molecule has 0 aliphatic heterocycles. The summed E-state index contributed by atoms with van der Waals surface area (Å²) in [4.78, 5) is 0. The van der Waals surface area contributed by atoms with Gasteiger partial charge in [-0.1, -0.05) is 109 Å². The number of hydrogen-bond acceptors (Lipinski definition) is 0. The fourth-order valence-corrected chi connectivity index (χ4v) is 8.42. The number of para-hydroxylation sites is 3. The minimum atomic E-state index is 1.18. The summed E-state index contributed by atoms with van der Waals surface area (Å²) in [5, 5.41) is 13.0. The van der Waals surface area contributed by atoms with Gasteiger partial charge in [-0.3, -0.25) is 0 Å². The van der Waals surface area contributed by atoms with E-state index in [1.54, 1.807) is 0 Å². The molecule has 0 bridgehead atoms. The number of nitrogens with zero attached hydrogens (tertiary/aromatic N) is 2. The first-order valence-corrected chi connectivity index (χ1v) is 16.6. The van der Waals surface area contributed by atoms with Crippen LogP contribution >= 0.6 is 0 Å². The van der Waals surface area contributed by atoms with Crippen LogP contribution in [-0.4, -0.2) is 9.13 Å². The van der Waals surface area contributed by atoms with E-state index in [9.17, 15) is 0 Å². The molecule has 0 saturated carbocycles. The molecule has 0 atom stereocenters. The van der Waals surface area contributed by atoms with Crippen LogP contribution in [0.5, 0.6) is 0 Å². The first-order chi connectivity index (χ1) is 23.8. The highest BCUT2D eigenvalue weighted by atomic mass is 15.0. The van der Waals surface area contributed by atoms with E-state index in [1.807, 2.05) is 0 Å². The summed E-state index contributed by atoms with van der Waals surface area (Å²) < 4.78 is 4.85. The highest BCUT2D eigenvalue weighted by Gasteiger charge is 2.22. The fraction of sp³-hybridized carbons (Fsp3) is 0. The van der Waals surface area contributed by atoms with Crippen molar-refractivity contribution in [1.29, 1.82) is 0 Å². The van der Waals surface area contributed by atoms with Crippen LogP contribution in [0, 0.1) is 0 Å². The maximum atomic E-state index is 2.47. The predicted molar refractivity (Wildman–Crippen MR) is 204 cm³/mol. The average Bonchev–Trinajstić information content (AvgIpc) is 3.67. The van der Waals surface area contributed by atoms with Gasteiger partial charge in [0.25, 0.3) is 0 Å². The molecule has 2 heteroatoms. The van der Waals surface area contributed by atoms with E-state index in [1.165, 1.54) is 98.4 Å². The number of fused-ring (bicyclic) bond motifs is 8. The van der Waals surface area contributed by atoms with Crippen LogP contribution in [0.2, 0.25) is 0 Å². The Morgan fingerprint density at radius 2 is 0.875 bits per heavy atom. The standard InChI is InChI=1S/C46H28N2/c1-3-13-32(14-4-1)47-40-20-10-9-18-35(40)38-26-30(23-25-41(38)47)31-27-39-36-24-22-29-12-7-8-17-34(29)44(36)37-19-11-21-42-45(37)46(39)43(28-31)48(42)33-15-5-2-6-16-33/h1-28H. The smallest absolute Gasteiger partial charge is 0.0553 e. The van der Waals surface area contributed by atoms with Crippen LogP contribution in [0.4, 0.5) is 0 Å². The Morgan fingerprint density at radius 3 is 1.69 bits per heavy atom. The molecule has 0 spiro atoms. The first kappa shape index (κ1) is 25.8. The molecule has 2 heterocycles. The molecule has 11 aromatic rings. The molecule has 0 saturated heterocycles. The molecule has 2 aromatic heterocycles. The minimum absolute atomic E-state index is 1.18. The number of benzene rings is 9. The van der Waals surface area contributed by atoms with Gasteiger partial charge in [0.1, 0.15) is 0 Å². The summed E-state index contributed by atoms with van der Waals surface area (Å²) in [6.07, 6.45) is 0. The molecular formula is C46H28N2. The Morgan fingerprint density at radius 1 is 0.271 bits per heavy atom. The van der Waals surface area contributed by atoms with Crippen molar-refractivity contribution >= 4 is 75.9 Å². The summed E-state index contributed by atoms with van der Waals surface area (Å²) in [5.41, 5.74) is 9.71. The summed E-state index contributed by atoms with van der Waals surface area (Å²) in [5.74, 6) is 0. The molecule has 11 rings (SSSR count). The van der Waals surface area contributed by atoms with E-state index in [0.29, 0.717) is 0 Å². The van der Waals surface area contributed by atoms with Crippen LogP contribution in [-0.2, 0) is 0 Å². The van der Waals surface area contributed by atoms with Gasteiger partial charge < -0.3 is 9.13 Å². The number of hydrogen-bond donors (Lipinski definition) is 0. The Labute approximate surface area is 276 Å². The van der Waals surface area contributed by atoms with Crippen molar-refractivity contribution < 1.29 is 0 Å². The molecule has 0 fully saturated rings. The van der Waals surface area contributed by atoms with Crippen LogP contribution < -0.4 is 0 Å². The van der Waals surface area contributed by atoms with Gasteiger partial charge in [0.15, 0.2) is 0 Å². The molecule has 0 aliphatic carbocycles. The first-order valence-electron chi connectivity index (χ1n) is 16.6. The van der Waals surface area contributed by atoms with Gasteiger partial charge >= 0.3 is 0 Å². The van der Waals surface area contributed by atoms with Crippen LogP contribution in [0.3, 0.4) is 0 Å². The van der Waals surface area contributed by atoms with Gasteiger partial charge in [-0.15, -0.1) is 0 Å². The molecule has 48 heavy (non-hydrogen) atoms. The second-order valence-corrected chi connectivity index (χ2v) is 12.9. The van der Waals surface area contributed by atoms with E-state index in [-0.39, 0.29) is 0 Å². The van der Waals surface area contributed by atoms with E-state index in [2.05, 4.69) is 179 Å². The zero-order valence-corrected chi connectivity index (χ0v) is 26.1. The highest BCUT2D eigenvalue weighted by molar-refractivity contribution is 6.38. The predicted octanol–water partition coefficient (Wildman–Crippen LogP) is 12.4. The highest BCUT2D eigenvalue weighted by Crippen LogP contribution is 2.47. The SMILES string of the molecule is c1ccc(-n2c3ccccc3c3cc(-c4cc5c6ccc7ccccc7c6c6cccc7c6c5c(c4)n7-c4ccccc4)ccc32)cc1. The number of rotatable bonds is 3. The van der Waals surface area contributed by atoms with Crippen molar-refractivity contribution in [2.45, 2.75) is 0 Å². The van der Waals surface area contributed by atoms with E-state index >= 15 is 0 Å². The van der Waals surface area contributed by atoms with Crippen molar-refractivity contribution in [3.05, 3.63) is 170 Å².